The fourth-order valence-corrected chi connectivity index (χ4v) is 1.69. The van der Waals surface area contributed by atoms with E-state index in [1.807, 2.05) is 6.07 Å². The summed E-state index contributed by atoms with van der Waals surface area (Å²) in [6.07, 6.45) is -2.83. The molecule has 1 aliphatic rings. The maximum absolute atomic E-state index is 12.1. The van der Waals surface area contributed by atoms with Gasteiger partial charge >= 0.3 is 6.18 Å². The SMILES string of the molecule is Cc1cc(CNC2CC2)nc(CCC(F)(F)F)n1. The minimum absolute atomic E-state index is 0.151. The zero-order chi connectivity index (χ0) is 13.2. The minimum Gasteiger partial charge on any atom is -0.308 e. The molecule has 0 radical (unpaired) electrons. The first-order valence-electron chi connectivity index (χ1n) is 6.06. The smallest absolute Gasteiger partial charge is 0.308 e. The number of aromatic nitrogens is 2. The quantitative estimate of drug-likeness (QED) is 0.883. The van der Waals surface area contributed by atoms with Crippen molar-refractivity contribution in [3.05, 3.63) is 23.3 Å². The molecule has 1 fully saturated rings. The molecule has 0 unspecified atom stereocenters. The van der Waals surface area contributed by atoms with E-state index in [-0.39, 0.29) is 12.2 Å². The van der Waals surface area contributed by atoms with E-state index in [0.29, 0.717) is 12.6 Å². The number of rotatable bonds is 5. The predicted molar refractivity (Wildman–Crippen MR) is 61.0 cm³/mol. The van der Waals surface area contributed by atoms with Gasteiger partial charge < -0.3 is 5.32 Å². The molecule has 0 atom stereocenters. The van der Waals surface area contributed by atoms with Crippen molar-refractivity contribution in [3.63, 3.8) is 0 Å². The van der Waals surface area contributed by atoms with Gasteiger partial charge in [0, 0.05) is 24.7 Å². The maximum atomic E-state index is 12.1. The highest BCUT2D eigenvalue weighted by Crippen LogP contribution is 2.21. The molecule has 1 N–H and O–H groups in total. The summed E-state index contributed by atoms with van der Waals surface area (Å²) < 4.78 is 36.4. The lowest BCUT2D eigenvalue weighted by Gasteiger charge is -2.08. The third-order valence-electron chi connectivity index (χ3n) is 2.73. The normalized spacial score (nSPS) is 16.0. The Hall–Kier alpha value is -1.17. The van der Waals surface area contributed by atoms with Gasteiger partial charge in [0.25, 0.3) is 0 Å². The van der Waals surface area contributed by atoms with Crippen LogP contribution in [0.3, 0.4) is 0 Å². The van der Waals surface area contributed by atoms with Gasteiger partial charge in [-0.25, -0.2) is 9.97 Å². The number of nitrogens with zero attached hydrogens (tertiary/aromatic N) is 2. The first-order valence-corrected chi connectivity index (χ1v) is 6.06. The summed E-state index contributed by atoms with van der Waals surface area (Å²) >= 11 is 0. The van der Waals surface area contributed by atoms with Gasteiger partial charge in [-0.1, -0.05) is 0 Å². The standard InChI is InChI=1S/C12H16F3N3/c1-8-6-10(7-16-9-2-3-9)18-11(17-8)4-5-12(13,14)15/h6,9,16H,2-5,7H2,1H3. The van der Waals surface area contributed by atoms with E-state index in [1.165, 1.54) is 12.8 Å². The Morgan fingerprint density at radius 1 is 1.33 bits per heavy atom. The van der Waals surface area contributed by atoms with Gasteiger partial charge in [-0.05, 0) is 25.8 Å². The van der Waals surface area contributed by atoms with Crippen LogP contribution in [0, 0.1) is 6.92 Å². The average molecular weight is 259 g/mol. The molecule has 6 heteroatoms. The van der Waals surface area contributed by atoms with Gasteiger partial charge in [-0.3, -0.25) is 0 Å². The molecule has 0 aliphatic heterocycles. The van der Waals surface area contributed by atoms with E-state index in [2.05, 4.69) is 15.3 Å². The fraction of sp³-hybridized carbons (Fsp3) is 0.667. The Kier molecular flexibility index (Phi) is 3.85. The van der Waals surface area contributed by atoms with Crippen LogP contribution in [0.25, 0.3) is 0 Å². The number of alkyl halides is 3. The van der Waals surface area contributed by atoms with Crippen molar-refractivity contribution in [2.24, 2.45) is 0 Å². The van der Waals surface area contributed by atoms with Crippen LogP contribution in [-0.4, -0.2) is 22.2 Å². The van der Waals surface area contributed by atoms with Crippen LogP contribution in [0.2, 0.25) is 0 Å². The van der Waals surface area contributed by atoms with Gasteiger partial charge in [0.2, 0.25) is 0 Å². The second-order valence-corrected chi connectivity index (χ2v) is 4.69. The van der Waals surface area contributed by atoms with Crippen LogP contribution < -0.4 is 5.32 Å². The van der Waals surface area contributed by atoms with Crippen LogP contribution >= 0.6 is 0 Å². The second kappa shape index (κ2) is 5.22. The summed E-state index contributed by atoms with van der Waals surface area (Å²) in [6, 6.07) is 2.37. The van der Waals surface area contributed by atoms with E-state index < -0.39 is 12.6 Å². The van der Waals surface area contributed by atoms with Crippen molar-refractivity contribution >= 4 is 0 Å². The van der Waals surface area contributed by atoms with Crippen molar-refractivity contribution in [2.45, 2.75) is 51.4 Å². The first kappa shape index (κ1) is 13.3. The van der Waals surface area contributed by atoms with E-state index in [1.54, 1.807) is 6.92 Å². The van der Waals surface area contributed by atoms with Crippen molar-refractivity contribution in [2.75, 3.05) is 0 Å². The molecule has 1 aromatic rings. The second-order valence-electron chi connectivity index (χ2n) is 4.69. The fourth-order valence-electron chi connectivity index (χ4n) is 1.69. The van der Waals surface area contributed by atoms with Gasteiger partial charge in [0.1, 0.15) is 5.82 Å². The highest BCUT2D eigenvalue weighted by atomic mass is 19.4. The number of hydrogen-bond acceptors (Lipinski definition) is 3. The summed E-state index contributed by atoms with van der Waals surface area (Å²) in [4.78, 5) is 8.20. The van der Waals surface area contributed by atoms with Crippen molar-refractivity contribution in [1.82, 2.24) is 15.3 Å². The van der Waals surface area contributed by atoms with Crippen LogP contribution in [0.1, 0.15) is 36.5 Å². The molecule has 2 rings (SSSR count). The molecular formula is C12H16F3N3. The summed E-state index contributed by atoms with van der Waals surface area (Å²) in [5, 5.41) is 3.29. The Bertz CT molecular complexity index is 414. The predicted octanol–water partition coefficient (Wildman–Crippen LogP) is 2.53. The Labute approximate surface area is 104 Å². The third-order valence-corrected chi connectivity index (χ3v) is 2.73. The van der Waals surface area contributed by atoms with Crippen LogP contribution in [0.5, 0.6) is 0 Å². The topological polar surface area (TPSA) is 37.8 Å². The Balaban J connectivity index is 1.96. The van der Waals surface area contributed by atoms with Gasteiger partial charge in [-0.2, -0.15) is 13.2 Å². The Morgan fingerprint density at radius 3 is 2.67 bits per heavy atom. The van der Waals surface area contributed by atoms with Crippen LogP contribution in [0.15, 0.2) is 6.07 Å². The summed E-state index contributed by atoms with van der Waals surface area (Å²) in [6.45, 7) is 2.38. The highest BCUT2D eigenvalue weighted by Gasteiger charge is 2.27. The summed E-state index contributed by atoms with van der Waals surface area (Å²) in [5.74, 6) is 0.278. The molecule has 18 heavy (non-hydrogen) atoms. The van der Waals surface area contributed by atoms with Gasteiger partial charge in [0.15, 0.2) is 0 Å². The summed E-state index contributed by atoms with van der Waals surface area (Å²) in [7, 11) is 0. The maximum Gasteiger partial charge on any atom is 0.389 e. The van der Waals surface area contributed by atoms with Gasteiger partial charge in [-0.15, -0.1) is 0 Å². The number of aryl methyl sites for hydroxylation is 2. The molecule has 0 spiro atoms. The van der Waals surface area contributed by atoms with Crippen molar-refractivity contribution in [1.29, 1.82) is 0 Å². The molecule has 3 nitrogen and oxygen atoms in total. The first-order chi connectivity index (χ1) is 8.42. The highest BCUT2D eigenvalue weighted by molar-refractivity contribution is 5.10. The summed E-state index contributed by atoms with van der Waals surface area (Å²) in [5.41, 5.74) is 1.49. The number of halogens is 3. The molecule has 0 aromatic carbocycles. The van der Waals surface area contributed by atoms with E-state index >= 15 is 0 Å². The molecule has 0 bridgehead atoms. The van der Waals surface area contributed by atoms with E-state index in [4.69, 9.17) is 0 Å². The number of nitrogens with one attached hydrogen (secondary N) is 1. The van der Waals surface area contributed by atoms with Gasteiger partial charge in [0.05, 0.1) is 12.1 Å². The zero-order valence-electron chi connectivity index (χ0n) is 10.2. The molecule has 100 valence electrons. The molecular weight excluding hydrogens is 243 g/mol. The van der Waals surface area contributed by atoms with E-state index in [0.717, 1.165) is 11.4 Å². The Morgan fingerprint density at radius 2 is 2.06 bits per heavy atom. The van der Waals surface area contributed by atoms with Crippen molar-refractivity contribution in [3.8, 4) is 0 Å². The molecule has 1 aliphatic carbocycles. The molecule has 1 saturated carbocycles. The molecule has 1 aromatic heterocycles. The van der Waals surface area contributed by atoms with Crippen LogP contribution in [-0.2, 0) is 13.0 Å². The van der Waals surface area contributed by atoms with E-state index in [9.17, 15) is 13.2 Å². The lowest BCUT2D eigenvalue weighted by Crippen LogP contribution is -2.18. The van der Waals surface area contributed by atoms with Crippen molar-refractivity contribution < 1.29 is 13.2 Å². The minimum atomic E-state index is -4.15. The molecule has 0 amide bonds. The average Bonchev–Trinajstić information content (AvgIpc) is 3.06. The van der Waals surface area contributed by atoms with Crippen LogP contribution in [0.4, 0.5) is 13.2 Å². The lowest BCUT2D eigenvalue weighted by atomic mass is 10.2. The monoisotopic (exact) mass is 259 g/mol. The molecule has 0 saturated heterocycles. The lowest BCUT2D eigenvalue weighted by molar-refractivity contribution is -0.134. The largest absolute Gasteiger partial charge is 0.389 e. The zero-order valence-corrected chi connectivity index (χ0v) is 10.2. The molecule has 1 heterocycles. The third kappa shape index (κ3) is 4.60. The number of hydrogen-bond donors (Lipinski definition) is 1.